The predicted molar refractivity (Wildman–Crippen MR) is 75.0 cm³/mol. The third-order valence-electron chi connectivity index (χ3n) is 4.06. The number of piperidine rings is 1. The number of hydrogen-bond acceptors (Lipinski definition) is 4. The quantitative estimate of drug-likeness (QED) is 0.890. The van der Waals surface area contributed by atoms with E-state index in [4.69, 9.17) is 0 Å². The van der Waals surface area contributed by atoms with Crippen LogP contribution in [0.3, 0.4) is 0 Å². The molecular formula is C14H24N4. The minimum atomic E-state index is 0.282. The second-order valence-corrected chi connectivity index (χ2v) is 5.75. The van der Waals surface area contributed by atoms with Crippen molar-refractivity contribution in [2.75, 3.05) is 25.0 Å². The Balaban J connectivity index is 2.07. The van der Waals surface area contributed by atoms with E-state index >= 15 is 0 Å². The number of nitrogens with zero attached hydrogens (tertiary/aromatic N) is 3. The second kappa shape index (κ2) is 5.22. The number of hydrogen-bond donors (Lipinski definition) is 1. The fourth-order valence-corrected chi connectivity index (χ4v) is 2.33. The standard InChI is InChI=1S/C14H24N4/c1-11(2)12-9-13(17-10-16-12)18-7-5-14(3,15-4)6-8-18/h9-11,15H,5-8H2,1-4H3. The maximum absolute atomic E-state index is 4.41. The summed E-state index contributed by atoms with van der Waals surface area (Å²) < 4.78 is 0. The summed E-state index contributed by atoms with van der Waals surface area (Å²) in [6, 6.07) is 2.13. The number of nitrogens with one attached hydrogen (secondary N) is 1. The largest absolute Gasteiger partial charge is 0.356 e. The van der Waals surface area contributed by atoms with Gasteiger partial charge in [0.05, 0.1) is 0 Å². The van der Waals surface area contributed by atoms with E-state index in [0.29, 0.717) is 5.92 Å². The first-order valence-corrected chi connectivity index (χ1v) is 6.80. The molecule has 18 heavy (non-hydrogen) atoms. The number of aromatic nitrogens is 2. The monoisotopic (exact) mass is 248 g/mol. The van der Waals surface area contributed by atoms with Gasteiger partial charge in [-0.3, -0.25) is 0 Å². The summed E-state index contributed by atoms with van der Waals surface area (Å²) in [5, 5.41) is 3.42. The molecule has 1 saturated heterocycles. The van der Waals surface area contributed by atoms with Crippen LogP contribution in [0.1, 0.15) is 45.2 Å². The zero-order chi connectivity index (χ0) is 13.2. The first-order valence-electron chi connectivity index (χ1n) is 6.80. The van der Waals surface area contributed by atoms with Gasteiger partial charge in [-0.05, 0) is 32.7 Å². The van der Waals surface area contributed by atoms with E-state index in [9.17, 15) is 0 Å². The molecule has 0 aliphatic carbocycles. The zero-order valence-corrected chi connectivity index (χ0v) is 11.9. The molecule has 0 aromatic carbocycles. The summed E-state index contributed by atoms with van der Waals surface area (Å²) in [5.41, 5.74) is 1.41. The molecule has 0 amide bonds. The van der Waals surface area contributed by atoms with E-state index in [0.717, 1.165) is 37.4 Å². The minimum Gasteiger partial charge on any atom is -0.356 e. The molecule has 1 aliphatic heterocycles. The van der Waals surface area contributed by atoms with Gasteiger partial charge in [0.15, 0.2) is 0 Å². The average Bonchev–Trinajstić information content (AvgIpc) is 2.40. The lowest BCUT2D eigenvalue weighted by atomic mass is 9.90. The first-order chi connectivity index (χ1) is 8.54. The molecule has 0 spiro atoms. The molecule has 0 unspecified atom stereocenters. The normalized spacial score (nSPS) is 19.3. The highest BCUT2D eigenvalue weighted by molar-refractivity contribution is 5.40. The summed E-state index contributed by atoms with van der Waals surface area (Å²) in [4.78, 5) is 11.1. The van der Waals surface area contributed by atoms with Crippen LogP contribution < -0.4 is 10.2 Å². The molecule has 100 valence electrons. The van der Waals surface area contributed by atoms with Crippen molar-refractivity contribution in [3.05, 3.63) is 18.1 Å². The van der Waals surface area contributed by atoms with E-state index in [1.807, 2.05) is 0 Å². The third kappa shape index (κ3) is 2.80. The first kappa shape index (κ1) is 13.3. The van der Waals surface area contributed by atoms with E-state index < -0.39 is 0 Å². The van der Waals surface area contributed by atoms with Gasteiger partial charge in [0.25, 0.3) is 0 Å². The van der Waals surface area contributed by atoms with Gasteiger partial charge in [-0.1, -0.05) is 13.8 Å². The molecule has 2 rings (SSSR count). The van der Waals surface area contributed by atoms with Crippen LogP contribution in [0.25, 0.3) is 0 Å². The summed E-state index contributed by atoms with van der Waals surface area (Å²) in [6.45, 7) is 8.75. The topological polar surface area (TPSA) is 41.0 Å². The van der Waals surface area contributed by atoms with Crippen molar-refractivity contribution in [1.29, 1.82) is 0 Å². The molecule has 0 atom stereocenters. The van der Waals surface area contributed by atoms with Gasteiger partial charge in [-0.25, -0.2) is 9.97 Å². The summed E-state index contributed by atoms with van der Waals surface area (Å²) >= 11 is 0. The van der Waals surface area contributed by atoms with Crippen molar-refractivity contribution in [2.45, 2.75) is 45.1 Å². The minimum absolute atomic E-state index is 0.282. The molecule has 0 radical (unpaired) electrons. The van der Waals surface area contributed by atoms with Crippen LogP contribution in [0.4, 0.5) is 5.82 Å². The van der Waals surface area contributed by atoms with Gasteiger partial charge in [0.2, 0.25) is 0 Å². The number of anilines is 1. The second-order valence-electron chi connectivity index (χ2n) is 5.75. The van der Waals surface area contributed by atoms with E-state index in [2.05, 4.69) is 54.1 Å². The van der Waals surface area contributed by atoms with Crippen LogP contribution >= 0.6 is 0 Å². The molecule has 0 bridgehead atoms. The molecule has 0 saturated carbocycles. The van der Waals surface area contributed by atoms with Gasteiger partial charge in [-0.15, -0.1) is 0 Å². The Morgan fingerprint density at radius 3 is 2.50 bits per heavy atom. The van der Waals surface area contributed by atoms with Crippen molar-refractivity contribution in [1.82, 2.24) is 15.3 Å². The van der Waals surface area contributed by atoms with Gasteiger partial charge in [0, 0.05) is 30.4 Å². The SMILES string of the molecule is CNC1(C)CCN(c2cc(C(C)C)ncn2)CC1. The van der Waals surface area contributed by atoms with Crippen molar-refractivity contribution >= 4 is 5.82 Å². The van der Waals surface area contributed by atoms with Crippen LogP contribution in [0.5, 0.6) is 0 Å². The van der Waals surface area contributed by atoms with Crippen LogP contribution in [-0.4, -0.2) is 35.6 Å². The lowest BCUT2D eigenvalue weighted by Gasteiger charge is -2.39. The van der Waals surface area contributed by atoms with Crippen molar-refractivity contribution in [3.8, 4) is 0 Å². The highest BCUT2D eigenvalue weighted by atomic mass is 15.2. The lowest BCUT2D eigenvalue weighted by molar-refractivity contribution is 0.304. The van der Waals surface area contributed by atoms with E-state index in [1.165, 1.54) is 0 Å². The maximum Gasteiger partial charge on any atom is 0.132 e. The predicted octanol–water partition coefficient (Wildman–Crippen LogP) is 2.18. The Morgan fingerprint density at radius 1 is 1.28 bits per heavy atom. The van der Waals surface area contributed by atoms with Crippen LogP contribution in [0, 0.1) is 0 Å². The highest BCUT2D eigenvalue weighted by Crippen LogP contribution is 2.25. The molecule has 4 nitrogen and oxygen atoms in total. The smallest absolute Gasteiger partial charge is 0.132 e. The van der Waals surface area contributed by atoms with Gasteiger partial charge < -0.3 is 10.2 Å². The average molecular weight is 248 g/mol. The molecule has 1 aromatic rings. The van der Waals surface area contributed by atoms with E-state index in [-0.39, 0.29) is 5.54 Å². The molecule has 2 heterocycles. The fourth-order valence-electron chi connectivity index (χ4n) is 2.33. The van der Waals surface area contributed by atoms with Crippen molar-refractivity contribution in [2.24, 2.45) is 0 Å². The van der Waals surface area contributed by atoms with Crippen molar-refractivity contribution in [3.63, 3.8) is 0 Å². The summed E-state index contributed by atoms with van der Waals surface area (Å²) in [7, 11) is 2.05. The molecule has 1 aliphatic rings. The van der Waals surface area contributed by atoms with Gasteiger partial charge >= 0.3 is 0 Å². The zero-order valence-electron chi connectivity index (χ0n) is 11.9. The molecule has 1 N–H and O–H groups in total. The summed E-state index contributed by atoms with van der Waals surface area (Å²) in [6.07, 6.45) is 4.01. The van der Waals surface area contributed by atoms with Crippen LogP contribution in [0.15, 0.2) is 12.4 Å². The Labute approximate surface area is 110 Å². The molecule has 4 heteroatoms. The van der Waals surface area contributed by atoms with Gasteiger partial charge in [-0.2, -0.15) is 0 Å². The Bertz CT molecular complexity index is 395. The number of rotatable bonds is 3. The Morgan fingerprint density at radius 2 is 1.94 bits per heavy atom. The van der Waals surface area contributed by atoms with Gasteiger partial charge in [0.1, 0.15) is 12.1 Å². The lowest BCUT2D eigenvalue weighted by Crippen LogP contribution is -2.50. The Kier molecular flexibility index (Phi) is 3.85. The van der Waals surface area contributed by atoms with E-state index in [1.54, 1.807) is 6.33 Å². The van der Waals surface area contributed by atoms with Crippen LogP contribution in [0.2, 0.25) is 0 Å². The summed E-state index contributed by atoms with van der Waals surface area (Å²) in [5.74, 6) is 1.53. The molecular weight excluding hydrogens is 224 g/mol. The Hall–Kier alpha value is -1.16. The maximum atomic E-state index is 4.41. The fraction of sp³-hybridized carbons (Fsp3) is 0.714. The van der Waals surface area contributed by atoms with Crippen molar-refractivity contribution < 1.29 is 0 Å². The third-order valence-corrected chi connectivity index (χ3v) is 4.06. The van der Waals surface area contributed by atoms with Crippen LogP contribution in [-0.2, 0) is 0 Å². The highest BCUT2D eigenvalue weighted by Gasteiger charge is 2.28. The molecule has 1 fully saturated rings. The molecule has 1 aromatic heterocycles.